The number of carboxylic acid groups (broad SMARTS) is 2. The number of carboxylic acids is 2. The molecule has 66 heavy (non-hydrogen) atoms. The number of hydrogen-bond acceptors (Lipinski definition) is 23. The molecule has 0 aromatic carbocycles. The van der Waals surface area contributed by atoms with Crippen LogP contribution in [0.2, 0.25) is 0 Å². The number of hydrogen-bond donors (Lipinski definition) is 17. The van der Waals surface area contributed by atoms with Crippen molar-refractivity contribution in [3.8, 4) is 0 Å². The monoisotopic (exact) mass is 962 g/mol. The van der Waals surface area contributed by atoms with Crippen molar-refractivity contribution < 1.29 is 124 Å². The molecule has 0 aromatic heterocycles. The lowest BCUT2D eigenvalue weighted by Gasteiger charge is -2.52. The Morgan fingerprint density at radius 1 is 0.712 bits per heavy atom. The molecule has 8 unspecified atom stereocenters. The van der Waals surface area contributed by atoms with Crippen LogP contribution in [0.4, 0.5) is 0 Å². The number of nitrogens with one attached hydrogen (secondary N) is 4. The average Bonchev–Trinajstić information content (AvgIpc) is 3.25. The van der Waals surface area contributed by atoms with Crippen LogP contribution in [-0.4, -0.2) is 244 Å². The van der Waals surface area contributed by atoms with Crippen LogP contribution in [0, 0.1) is 0 Å². The summed E-state index contributed by atoms with van der Waals surface area (Å²) in [6, 6.07) is -1.56. The summed E-state index contributed by atoms with van der Waals surface area (Å²) in [5, 5.41) is 147. The summed E-state index contributed by atoms with van der Waals surface area (Å²) < 4.78 is 32.8. The van der Waals surface area contributed by atoms with Crippen molar-refractivity contribution >= 4 is 35.6 Å². The van der Waals surface area contributed by atoms with Crippen LogP contribution in [0.3, 0.4) is 0 Å². The van der Waals surface area contributed by atoms with E-state index in [-0.39, 0.29) is 25.2 Å². The van der Waals surface area contributed by atoms with Gasteiger partial charge in [-0.1, -0.05) is 6.92 Å². The Bertz CT molecular complexity index is 1630. The zero-order valence-electron chi connectivity index (χ0n) is 36.0. The third-order valence-corrected chi connectivity index (χ3v) is 10.6. The van der Waals surface area contributed by atoms with Gasteiger partial charge in [0.05, 0.1) is 19.3 Å². The summed E-state index contributed by atoms with van der Waals surface area (Å²) in [7, 11) is 0. The first-order valence-corrected chi connectivity index (χ1v) is 20.8. The molecule has 0 aliphatic carbocycles. The molecular weight excluding hydrogens is 900 g/mol. The summed E-state index contributed by atoms with van der Waals surface area (Å²) >= 11 is 0. The van der Waals surface area contributed by atoms with Crippen molar-refractivity contribution in [2.45, 2.75) is 169 Å². The molecule has 3 aliphatic heterocycles. The molecule has 29 nitrogen and oxygen atoms in total. The van der Waals surface area contributed by atoms with Gasteiger partial charge in [-0.3, -0.25) is 19.2 Å². The van der Waals surface area contributed by atoms with E-state index in [2.05, 4.69) is 16.0 Å². The molecule has 29 heteroatoms. The van der Waals surface area contributed by atoms with Crippen LogP contribution in [0.25, 0.3) is 0 Å². The third kappa shape index (κ3) is 14.3. The van der Waals surface area contributed by atoms with E-state index < -0.39 is 166 Å². The molecule has 4 amide bonds. The van der Waals surface area contributed by atoms with Gasteiger partial charge in [0, 0.05) is 39.8 Å². The number of rotatable bonds is 24. The van der Waals surface area contributed by atoms with E-state index in [0.717, 1.165) is 20.3 Å². The van der Waals surface area contributed by atoms with E-state index >= 15 is 0 Å². The second-order valence-electron chi connectivity index (χ2n) is 15.8. The fourth-order valence-electron chi connectivity index (χ4n) is 7.21. The standard InChI is InChI=1S/C37H62N4O25/c1-4-9-38-18(47)7-5-6-8-19(48)39-10-15(40-13(2)44)27(20(49)16(46)11-42)62-34-26(55)24(53)28(30(64-34)33(58)59)65-36-37(60,41-14(3)45)31(21(50)17(12-43)61-36)66-35-25(54)22(51)23(52)29(63-35)32(56)57/h15-17,20-31,34-36,42-43,46,49-55,60H,4-12H2,1-3H3,(H,38,47)(H,39,48)(H,40,44)(H,41,45)(H,56,57)(H,58,59)/t15?,16?,17?,20-,21-,22+,23+,24-,25?,26?,27-,28+,29?,30?,31+,34-,35+,36+,37?/m1/s1. The SMILES string of the molecule is CCCNC(=O)CCCCC(=O)NCC(NC(C)=O)[C@@H](O[C@@H]1OC(C(=O)O)[C@@H](O[C@@H]2OC(CO)[C@@H](O)[C@H](O[C@@H]3OC(C(=O)O)[C@@H](O)[C@H](O)C3O)C2(O)NC(C)=O)[C@H](O)C1O)[C@H](O)C(O)CO. The number of ether oxygens (including phenoxy) is 6. The van der Waals surface area contributed by atoms with E-state index in [1.54, 1.807) is 0 Å². The Labute approximate surface area is 375 Å². The number of aliphatic carboxylic acids is 2. The van der Waals surface area contributed by atoms with Gasteiger partial charge in [-0.25, -0.2) is 9.59 Å². The van der Waals surface area contributed by atoms with Gasteiger partial charge < -0.3 is 116 Å². The Balaban J connectivity index is 1.93. The number of aliphatic hydroxyl groups excluding tert-OH is 10. The predicted octanol–water partition coefficient (Wildman–Crippen LogP) is -9.11. The van der Waals surface area contributed by atoms with Gasteiger partial charge in [0.2, 0.25) is 35.6 Å². The van der Waals surface area contributed by atoms with Gasteiger partial charge >= 0.3 is 11.9 Å². The second kappa shape index (κ2) is 25.5. The summed E-state index contributed by atoms with van der Waals surface area (Å²) in [5.74, 6) is -6.67. The highest BCUT2D eigenvalue weighted by molar-refractivity contribution is 5.77. The molecule has 0 spiro atoms. The Morgan fingerprint density at radius 3 is 1.82 bits per heavy atom. The molecule has 0 saturated carbocycles. The molecule has 380 valence electrons. The zero-order valence-corrected chi connectivity index (χ0v) is 36.0. The molecule has 3 aliphatic rings. The Kier molecular flexibility index (Phi) is 21.8. The van der Waals surface area contributed by atoms with Crippen molar-refractivity contribution in [2.75, 3.05) is 26.3 Å². The van der Waals surface area contributed by atoms with Gasteiger partial charge in [-0.2, -0.15) is 0 Å². The van der Waals surface area contributed by atoms with E-state index in [1.165, 1.54) is 0 Å². The summed E-state index contributed by atoms with van der Waals surface area (Å²) in [6.07, 6.45) is -37.9. The highest BCUT2D eigenvalue weighted by Crippen LogP contribution is 2.37. The average molecular weight is 963 g/mol. The fraction of sp³-hybridized carbons (Fsp3) is 0.838. The molecule has 19 atom stereocenters. The maximum absolute atomic E-state index is 12.8. The van der Waals surface area contributed by atoms with Crippen LogP contribution in [0.1, 0.15) is 52.9 Å². The van der Waals surface area contributed by atoms with Crippen LogP contribution in [-0.2, 0) is 57.2 Å². The molecular formula is C37H62N4O25. The van der Waals surface area contributed by atoms with Gasteiger partial charge in [0.15, 0.2) is 24.8 Å². The van der Waals surface area contributed by atoms with E-state index in [0.29, 0.717) is 13.0 Å². The predicted molar refractivity (Wildman–Crippen MR) is 209 cm³/mol. The maximum Gasteiger partial charge on any atom is 0.335 e. The second-order valence-corrected chi connectivity index (χ2v) is 15.8. The van der Waals surface area contributed by atoms with Gasteiger partial charge in [0.1, 0.15) is 73.2 Å². The van der Waals surface area contributed by atoms with E-state index in [9.17, 15) is 95.2 Å². The lowest BCUT2D eigenvalue weighted by Crippen LogP contribution is -2.76. The van der Waals surface area contributed by atoms with Gasteiger partial charge in [-0.05, 0) is 19.3 Å². The molecule has 3 saturated heterocycles. The molecule has 0 aromatic rings. The van der Waals surface area contributed by atoms with Gasteiger partial charge in [0.25, 0.3) is 0 Å². The first kappa shape index (κ1) is 56.5. The van der Waals surface area contributed by atoms with Crippen molar-refractivity contribution in [1.29, 1.82) is 0 Å². The molecule has 3 rings (SSSR count). The van der Waals surface area contributed by atoms with Crippen LogP contribution < -0.4 is 21.3 Å². The van der Waals surface area contributed by atoms with E-state index in [4.69, 9.17) is 28.4 Å². The quantitative estimate of drug-likeness (QED) is 0.0315. The normalized spacial score (nSPS) is 35.4. The fourth-order valence-corrected chi connectivity index (χ4v) is 7.21. The summed E-state index contributed by atoms with van der Waals surface area (Å²) in [4.78, 5) is 73.9. The molecule has 3 fully saturated rings. The van der Waals surface area contributed by atoms with Crippen LogP contribution in [0.5, 0.6) is 0 Å². The highest BCUT2D eigenvalue weighted by Gasteiger charge is 2.62. The lowest BCUT2D eigenvalue weighted by atomic mass is 9.91. The van der Waals surface area contributed by atoms with Gasteiger partial charge in [-0.15, -0.1) is 0 Å². The molecule has 17 N–H and O–H groups in total. The topological polar surface area (TPSA) is 469 Å². The highest BCUT2D eigenvalue weighted by atomic mass is 16.8. The number of amides is 4. The minimum Gasteiger partial charge on any atom is -0.479 e. The van der Waals surface area contributed by atoms with Crippen molar-refractivity contribution in [2.24, 2.45) is 0 Å². The zero-order chi connectivity index (χ0) is 49.8. The maximum atomic E-state index is 12.8. The largest absolute Gasteiger partial charge is 0.479 e. The summed E-state index contributed by atoms with van der Waals surface area (Å²) in [6.45, 7) is 1.29. The minimum absolute atomic E-state index is 0.110. The molecule has 0 radical (unpaired) electrons. The number of aliphatic hydroxyl groups is 11. The molecule has 0 bridgehead atoms. The van der Waals surface area contributed by atoms with Crippen LogP contribution in [0.15, 0.2) is 0 Å². The summed E-state index contributed by atoms with van der Waals surface area (Å²) in [5.41, 5.74) is -3.32. The van der Waals surface area contributed by atoms with Crippen molar-refractivity contribution in [3.05, 3.63) is 0 Å². The molecule has 3 heterocycles. The minimum atomic E-state index is -3.32. The number of unbranched alkanes of at least 4 members (excludes halogenated alkanes) is 1. The third-order valence-electron chi connectivity index (χ3n) is 10.6. The first-order chi connectivity index (χ1) is 30.9. The van der Waals surface area contributed by atoms with Crippen LogP contribution >= 0.6 is 0 Å². The van der Waals surface area contributed by atoms with Crippen molar-refractivity contribution in [1.82, 2.24) is 21.3 Å². The smallest absolute Gasteiger partial charge is 0.335 e. The number of carbonyl (C=O) groups excluding carboxylic acids is 4. The number of carbonyl (C=O) groups is 6. The Hall–Kier alpha value is -3.86. The Morgan fingerprint density at radius 2 is 1.29 bits per heavy atom. The van der Waals surface area contributed by atoms with E-state index in [1.807, 2.05) is 12.2 Å². The lowest BCUT2D eigenvalue weighted by molar-refractivity contribution is -0.405. The first-order valence-electron chi connectivity index (χ1n) is 20.8. The van der Waals surface area contributed by atoms with Crippen molar-refractivity contribution in [3.63, 3.8) is 0 Å².